The van der Waals surface area contributed by atoms with E-state index in [1.807, 2.05) is 0 Å². The van der Waals surface area contributed by atoms with Gasteiger partial charge in [0, 0.05) is 18.7 Å². The van der Waals surface area contributed by atoms with Crippen molar-refractivity contribution in [3.8, 4) is 0 Å². The number of aromatic nitrogens is 2. The molecule has 1 atom stereocenters. The molecule has 0 bridgehead atoms. The Bertz CT molecular complexity index is 1190. The van der Waals surface area contributed by atoms with Crippen LogP contribution >= 0.6 is 0 Å². The lowest BCUT2D eigenvalue weighted by Crippen LogP contribution is -2.30. The molecule has 0 spiro atoms. The third-order valence-corrected chi connectivity index (χ3v) is 4.80. The minimum atomic E-state index is -1.10. The molecule has 1 aliphatic rings. The summed E-state index contributed by atoms with van der Waals surface area (Å²) in [5.41, 5.74) is 0.764. The first-order valence-electron chi connectivity index (χ1n) is 9.23. The largest absolute Gasteiger partial charge is 0.449 e. The van der Waals surface area contributed by atoms with E-state index in [-0.39, 0.29) is 16.8 Å². The molecular formula is C21H18FN3O4. The van der Waals surface area contributed by atoms with Crippen LogP contribution in [0.1, 0.15) is 29.5 Å². The molecule has 148 valence electrons. The number of ether oxygens (including phenoxy) is 1. The lowest BCUT2D eigenvalue weighted by Gasteiger charge is -2.14. The molecule has 1 N–H and O–H groups in total. The van der Waals surface area contributed by atoms with Crippen molar-refractivity contribution in [3.05, 3.63) is 70.0 Å². The van der Waals surface area contributed by atoms with Gasteiger partial charge in [0.25, 0.3) is 11.5 Å². The number of hydrogen-bond acceptors (Lipinski definition) is 5. The quantitative estimate of drug-likeness (QED) is 0.686. The van der Waals surface area contributed by atoms with Crippen LogP contribution in [0.3, 0.4) is 0 Å². The molecule has 0 radical (unpaired) electrons. The second-order valence-corrected chi connectivity index (χ2v) is 6.87. The van der Waals surface area contributed by atoms with Crippen LogP contribution < -0.4 is 10.9 Å². The Morgan fingerprint density at radius 1 is 1.24 bits per heavy atom. The number of aryl methyl sites for hydroxylation is 1. The predicted octanol–water partition coefficient (Wildman–Crippen LogP) is 2.67. The molecule has 1 aliphatic heterocycles. The molecule has 29 heavy (non-hydrogen) atoms. The van der Waals surface area contributed by atoms with Crippen LogP contribution in [0.15, 0.2) is 47.3 Å². The highest BCUT2D eigenvalue weighted by atomic mass is 19.1. The van der Waals surface area contributed by atoms with Gasteiger partial charge in [-0.15, -0.1) is 0 Å². The summed E-state index contributed by atoms with van der Waals surface area (Å²) in [5, 5.41) is 2.93. The summed E-state index contributed by atoms with van der Waals surface area (Å²) < 4.78 is 20.1. The Hall–Kier alpha value is -3.55. The summed E-state index contributed by atoms with van der Waals surface area (Å²) in [6.07, 6.45) is 0.489. The van der Waals surface area contributed by atoms with E-state index >= 15 is 0 Å². The Morgan fingerprint density at radius 3 is 2.86 bits per heavy atom. The maximum atomic E-state index is 13.2. The van der Waals surface area contributed by atoms with Gasteiger partial charge in [-0.25, -0.2) is 14.2 Å². The lowest BCUT2D eigenvalue weighted by atomic mass is 10.1. The number of fused-ring (bicyclic) bond motifs is 2. The van der Waals surface area contributed by atoms with E-state index in [1.165, 1.54) is 43.3 Å². The first-order valence-corrected chi connectivity index (χ1v) is 9.23. The van der Waals surface area contributed by atoms with Crippen LogP contribution in [0, 0.1) is 5.82 Å². The summed E-state index contributed by atoms with van der Waals surface area (Å²) >= 11 is 0. The fourth-order valence-corrected chi connectivity index (χ4v) is 3.30. The molecule has 0 fully saturated rings. The molecule has 7 nitrogen and oxygen atoms in total. The van der Waals surface area contributed by atoms with Crippen LogP contribution in [0.2, 0.25) is 0 Å². The van der Waals surface area contributed by atoms with E-state index in [9.17, 15) is 18.8 Å². The molecule has 0 unspecified atom stereocenters. The monoisotopic (exact) mass is 395 g/mol. The number of esters is 1. The highest BCUT2D eigenvalue weighted by Crippen LogP contribution is 2.17. The number of hydrogen-bond donors (Lipinski definition) is 1. The minimum Gasteiger partial charge on any atom is -0.449 e. The van der Waals surface area contributed by atoms with Gasteiger partial charge in [-0.1, -0.05) is 6.07 Å². The number of amides is 1. The second kappa shape index (κ2) is 7.46. The van der Waals surface area contributed by atoms with E-state index in [0.29, 0.717) is 23.3 Å². The van der Waals surface area contributed by atoms with Crippen molar-refractivity contribution in [3.63, 3.8) is 0 Å². The molecular weight excluding hydrogens is 377 g/mol. The van der Waals surface area contributed by atoms with Gasteiger partial charge < -0.3 is 10.1 Å². The van der Waals surface area contributed by atoms with Gasteiger partial charge in [-0.05, 0) is 49.7 Å². The van der Waals surface area contributed by atoms with Gasteiger partial charge in [-0.2, -0.15) is 0 Å². The number of carbonyl (C=O) groups is 2. The number of nitrogens with zero attached hydrogens (tertiary/aromatic N) is 2. The summed E-state index contributed by atoms with van der Waals surface area (Å²) in [4.78, 5) is 41.6. The van der Waals surface area contributed by atoms with Gasteiger partial charge in [0.1, 0.15) is 11.6 Å². The van der Waals surface area contributed by atoms with Crippen LogP contribution in [-0.4, -0.2) is 27.5 Å². The van der Waals surface area contributed by atoms with Gasteiger partial charge in [0.2, 0.25) is 0 Å². The van der Waals surface area contributed by atoms with Gasteiger partial charge in [0.15, 0.2) is 6.10 Å². The van der Waals surface area contributed by atoms with Crippen molar-refractivity contribution in [1.29, 1.82) is 0 Å². The fourth-order valence-electron chi connectivity index (χ4n) is 3.30. The first-order chi connectivity index (χ1) is 13.9. The molecule has 0 saturated carbocycles. The van der Waals surface area contributed by atoms with Crippen LogP contribution in [0.5, 0.6) is 0 Å². The Labute approximate surface area is 165 Å². The van der Waals surface area contributed by atoms with Crippen molar-refractivity contribution in [2.45, 2.75) is 32.4 Å². The van der Waals surface area contributed by atoms with Crippen molar-refractivity contribution in [1.82, 2.24) is 9.55 Å². The van der Waals surface area contributed by atoms with Gasteiger partial charge in [-0.3, -0.25) is 14.2 Å². The summed E-state index contributed by atoms with van der Waals surface area (Å²) in [6, 6.07) is 9.93. The fraction of sp³-hybridized carbons (Fsp3) is 0.238. The molecule has 1 amide bonds. The molecule has 2 heterocycles. The molecule has 0 aliphatic carbocycles. The molecule has 1 aromatic heterocycles. The number of anilines is 1. The van der Waals surface area contributed by atoms with E-state index < -0.39 is 23.8 Å². The number of carbonyl (C=O) groups excluding carboxylic acids is 2. The number of benzene rings is 2. The molecule has 2 aromatic carbocycles. The Kier molecular flexibility index (Phi) is 4.84. The van der Waals surface area contributed by atoms with E-state index in [4.69, 9.17) is 4.74 Å². The molecule has 0 saturated heterocycles. The SMILES string of the molecule is C[C@H](OC(=O)c1ccc2c(=O)n3c(nc2c1)CCC3)C(=O)Nc1cccc(F)c1. The zero-order chi connectivity index (χ0) is 20.5. The summed E-state index contributed by atoms with van der Waals surface area (Å²) in [6.45, 7) is 2.07. The first kappa shape index (κ1) is 18.8. The topological polar surface area (TPSA) is 90.3 Å². The van der Waals surface area contributed by atoms with Gasteiger partial charge in [0.05, 0.1) is 16.5 Å². The predicted molar refractivity (Wildman–Crippen MR) is 104 cm³/mol. The highest BCUT2D eigenvalue weighted by molar-refractivity contribution is 5.98. The summed E-state index contributed by atoms with van der Waals surface area (Å²) in [7, 11) is 0. The third-order valence-electron chi connectivity index (χ3n) is 4.80. The smallest absolute Gasteiger partial charge is 0.338 e. The van der Waals surface area contributed by atoms with E-state index in [1.54, 1.807) is 10.6 Å². The Morgan fingerprint density at radius 2 is 2.07 bits per heavy atom. The maximum Gasteiger partial charge on any atom is 0.338 e. The highest BCUT2D eigenvalue weighted by Gasteiger charge is 2.21. The van der Waals surface area contributed by atoms with E-state index in [2.05, 4.69) is 10.3 Å². The summed E-state index contributed by atoms with van der Waals surface area (Å²) in [5.74, 6) is -1.08. The van der Waals surface area contributed by atoms with Crippen molar-refractivity contribution >= 4 is 28.5 Å². The second-order valence-electron chi connectivity index (χ2n) is 6.87. The average molecular weight is 395 g/mol. The van der Waals surface area contributed by atoms with Crippen molar-refractivity contribution in [2.24, 2.45) is 0 Å². The number of rotatable bonds is 4. The van der Waals surface area contributed by atoms with E-state index in [0.717, 1.165) is 12.8 Å². The normalized spacial score (nSPS) is 13.7. The lowest BCUT2D eigenvalue weighted by molar-refractivity contribution is -0.123. The Balaban J connectivity index is 1.50. The van der Waals surface area contributed by atoms with Crippen molar-refractivity contribution in [2.75, 3.05) is 5.32 Å². The van der Waals surface area contributed by atoms with Crippen LogP contribution in [0.25, 0.3) is 10.9 Å². The van der Waals surface area contributed by atoms with Crippen LogP contribution in [-0.2, 0) is 22.5 Å². The zero-order valence-corrected chi connectivity index (χ0v) is 15.6. The zero-order valence-electron chi connectivity index (χ0n) is 15.6. The van der Waals surface area contributed by atoms with Crippen LogP contribution in [0.4, 0.5) is 10.1 Å². The molecule has 3 aromatic rings. The molecule has 4 rings (SSSR count). The molecule has 8 heteroatoms. The minimum absolute atomic E-state index is 0.120. The standard InChI is InChI=1S/C21H18FN3O4/c1-12(19(26)23-15-5-2-4-14(22)11-15)29-21(28)13-7-8-16-17(10-13)24-18-6-3-9-25(18)20(16)27/h2,4-5,7-8,10-12H,3,6,9H2,1H3,(H,23,26)/t12-/m0/s1. The van der Waals surface area contributed by atoms with Gasteiger partial charge >= 0.3 is 5.97 Å². The maximum absolute atomic E-state index is 13.2. The average Bonchev–Trinajstić information content (AvgIpc) is 3.16. The number of nitrogens with one attached hydrogen (secondary N) is 1. The third kappa shape index (κ3) is 3.73. The van der Waals surface area contributed by atoms with Crippen molar-refractivity contribution < 1.29 is 18.7 Å². The number of halogens is 1.